The number of halogens is 1. The molecular formula is C18H15ClO4. The van der Waals surface area contributed by atoms with Crippen molar-refractivity contribution in [3.05, 3.63) is 57.7 Å². The van der Waals surface area contributed by atoms with E-state index in [2.05, 4.69) is 0 Å². The van der Waals surface area contributed by atoms with Crippen molar-refractivity contribution in [2.75, 3.05) is 6.61 Å². The van der Waals surface area contributed by atoms with Crippen molar-refractivity contribution in [2.45, 2.75) is 13.3 Å². The smallest absolute Gasteiger partial charge is 0.197 e. The molecule has 0 aliphatic heterocycles. The average Bonchev–Trinajstić information content (AvgIpc) is 2.52. The number of ether oxygens (including phenoxy) is 1. The summed E-state index contributed by atoms with van der Waals surface area (Å²) < 4.78 is 11.3. The van der Waals surface area contributed by atoms with E-state index in [0.717, 1.165) is 17.7 Å². The topological polar surface area (TPSA) is 59.7 Å². The van der Waals surface area contributed by atoms with Crippen LogP contribution in [-0.2, 0) is 0 Å². The molecule has 1 aromatic heterocycles. The molecule has 0 unspecified atom stereocenters. The quantitative estimate of drug-likeness (QED) is 0.759. The largest absolute Gasteiger partial charge is 0.507 e. The van der Waals surface area contributed by atoms with Gasteiger partial charge < -0.3 is 14.3 Å². The molecule has 0 amide bonds. The van der Waals surface area contributed by atoms with E-state index in [1.54, 1.807) is 0 Å². The maximum Gasteiger partial charge on any atom is 0.197 e. The van der Waals surface area contributed by atoms with Gasteiger partial charge in [-0.25, -0.2) is 0 Å². The number of benzene rings is 2. The molecule has 0 radical (unpaired) electrons. The van der Waals surface area contributed by atoms with Gasteiger partial charge in [-0.05, 0) is 36.8 Å². The van der Waals surface area contributed by atoms with Crippen LogP contribution in [0.15, 0.2) is 51.7 Å². The zero-order valence-corrected chi connectivity index (χ0v) is 13.3. The van der Waals surface area contributed by atoms with Crippen LogP contribution in [0.3, 0.4) is 0 Å². The highest BCUT2D eigenvalue weighted by molar-refractivity contribution is 6.31. The molecule has 4 nitrogen and oxygen atoms in total. The van der Waals surface area contributed by atoms with Crippen molar-refractivity contribution in [3.8, 4) is 22.8 Å². The Morgan fingerprint density at radius 1 is 1.17 bits per heavy atom. The molecule has 3 aromatic rings. The summed E-state index contributed by atoms with van der Waals surface area (Å²) in [6.45, 7) is 2.70. The number of rotatable bonds is 4. The molecule has 3 rings (SSSR count). The molecule has 5 heteroatoms. The van der Waals surface area contributed by atoms with Crippen molar-refractivity contribution in [2.24, 2.45) is 0 Å². The zero-order valence-electron chi connectivity index (χ0n) is 12.5. The van der Waals surface area contributed by atoms with E-state index >= 15 is 0 Å². The Hall–Kier alpha value is -2.46. The predicted octanol–water partition coefficient (Wildman–Crippen LogP) is 4.61. The number of phenolic OH excluding ortho intramolecular Hbond substituents is 1. The molecule has 0 atom stereocenters. The second-order valence-electron chi connectivity index (χ2n) is 5.15. The van der Waals surface area contributed by atoms with E-state index in [9.17, 15) is 9.90 Å². The summed E-state index contributed by atoms with van der Waals surface area (Å²) in [5.41, 5.74) is 0.679. The normalized spacial score (nSPS) is 10.9. The monoisotopic (exact) mass is 330 g/mol. The number of hydrogen-bond acceptors (Lipinski definition) is 4. The minimum atomic E-state index is -0.318. The van der Waals surface area contributed by atoms with Crippen LogP contribution in [0.2, 0.25) is 5.02 Å². The van der Waals surface area contributed by atoms with Gasteiger partial charge in [-0.15, -0.1) is 0 Å². The van der Waals surface area contributed by atoms with Crippen LogP contribution < -0.4 is 10.2 Å². The molecule has 1 N–H and O–H groups in total. The lowest BCUT2D eigenvalue weighted by Crippen LogP contribution is -2.01. The summed E-state index contributed by atoms with van der Waals surface area (Å²) in [4.78, 5) is 12.2. The summed E-state index contributed by atoms with van der Waals surface area (Å²) in [5, 5.41) is 10.3. The second kappa shape index (κ2) is 6.34. The number of hydrogen-bond donors (Lipinski definition) is 1. The Labute approximate surface area is 137 Å². The molecule has 0 fully saturated rings. The Morgan fingerprint density at radius 2 is 1.91 bits per heavy atom. The molecule has 118 valence electrons. The predicted molar refractivity (Wildman–Crippen MR) is 90.4 cm³/mol. The van der Waals surface area contributed by atoms with Crippen LogP contribution in [0.1, 0.15) is 13.3 Å². The first-order valence-electron chi connectivity index (χ1n) is 7.28. The van der Waals surface area contributed by atoms with E-state index in [1.807, 2.05) is 31.2 Å². The Bertz CT molecular complexity index is 897. The lowest BCUT2D eigenvalue weighted by atomic mass is 10.1. The molecule has 0 saturated heterocycles. The first-order valence-corrected chi connectivity index (χ1v) is 7.66. The zero-order chi connectivity index (χ0) is 16.4. The maximum absolute atomic E-state index is 12.2. The van der Waals surface area contributed by atoms with E-state index in [-0.39, 0.29) is 22.1 Å². The molecule has 0 aliphatic carbocycles. The summed E-state index contributed by atoms with van der Waals surface area (Å²) in [7, 11) is 0. The van der Waals surface area contributed by atoms with Crippen LogP contribution in [0.25, 0.3) is 22.3 Å². The lowest BCUT2D eigenvalue weighted by molar-refractivity contribution is 0.317. The molecular weight excluding hydrogens is 316 g/mol. The van der Waals surface area contributed by atoms with Crippen LogP contribution in [0.4, 0.5) is 0 Å². The van der Waals surface area contributed by atoms with Gasteiger partial charge in [-0.1, -0.05) is 18.5 Å². The number of phenols is 1. The second-order valence-corrected chi connectivity index (χ2v) is 5.58. The Morgan fingerprint density at radius 3 is 2.61 bits per heavy atom. The van der Waals surface area contributed by atoms with Crippen molar-refractivity contribution >= 4 is 22.6 Å². The Kier molecular flexibility index (Phi) is 4.26. The van der Waals surface area contributed by atoms with E-state index in [1.165, 1.54) is 18.2 Å². The highest BCUT2D eigenvalue weighted by atomic mass is 35.5. The van der Waals surface area contributed by atoms with Gasteiger partial charge in [0.2, 0.25) is 0 Å². The summed E-state index contributed by atoms with van der Waals surface area (Å²) >= 11 is 5.91. The van der Waals surface area contributed by atoms with Crippen LogP contribution in [0, 0.1) is 0 Å². The lowest BCUT2D eigenvalue weighted by Gasteiger charge is -2.07. The van der Waals surface area contributed by atoms with E-state index < -0.39 is 0 Å². The summed E-state index contributed by atoms with van der Waals surface area (Å²) in [5.74, 6) is 0.988. The Balaban J connectivity index is 2.05. The fourth-order valence-electron chi connectivity index (χ4n) is 2.31. The maximum atomic E-state index is 12.2. The average molecular weight is 331 g/mol. The van der Waals surface area contributed by atoms with Crippen molar-refractivity contribution in [1.82, 2.24) is 0 Å². The SMILES string of the molecule is CCCOc1ccc(-c2cc(=O)c3c(O)cc(Cl)cc3o2)cc1. The van der Waals surface area contributed by atoms with Crippen LogP contribution >= 0.6 is 11.6 Å². The van der Waals surface area contributed by atoms with Gasteiger partial charge in [-0.2, -0.15) is 0 Å². The highest BCUT2D eigenvalue weighted by Gasteiger charge is 2.11. The number of fused-ring (bicyclic) bond motifs is 1. The molecule has 0 aliphatic rings. The molecule has 2 aromatic carbocycles. The highest BCUT2D eigenvalue weighted by Crippen LogP contribution is 2.30. The van der Waals surface area contributed by atoms with Gasteiger partial charge >= 0.3 is 0 Å². The van der Waals surface area contributed by atoms with Crippen molar-refractivity contribution in [1.29, 1.82) is 0 Å². The fraction of sp³-hybridized carbons (Fsp3) is 0.167. The van der Waals surface area contributed by atoms with Crippen LogP contribution in [-0.4, -0.2) is 11.7 Å². The molecule has 0 bridgehead atoms. The molecule has 23 heavy (non-hydrogen) atoms. The minimum Gasteiger partial charge on any atom is -0.507 e. The fourth-order valence-corrected chi connectivity index (χ4v) is 2.52. The third-order valence-electron chi connectivity index (χ3n) is 3.39. The van der Waals surface area contributed by atoms with Gasteiger partial charge in [0.1, 0.15) is 28.2 Å². The first-order chi connectivity index (χ1) is 11.1. The number of aromatic hydroxyl groups is 1. The van der Waals surface area contributed by atoms with E-state index in [0.29, 0.717) is 17.4 Å². The van der Waals surface area contributed by atoms with Crippen molar-refractivity contribution in [3.63, 3.8) is 0 Å². The van der Waals surface area contributed by atoms with E-state index in [4.69, 9.17) is 20.8 Å². The van der Waals surface area contributed by atoms with Crippen LogP contribution in [0.5, 0.6) is 11.5 Å². The molecule has 1 heterocycles. The molecule has 0 saturated carbocycles. The molecule has 0 spiro atoms. The van der Waals surface area contributed by atoms with Gasteiger partial charge in [0.15, 0.2) is 5.43 Å². The third kappa shape index (κ3) is 3.17. The van der Waals surface area contributed by atoms with Crippen molar-refractivity contribution < 1.29 is 14.3 Å². The van der Waals surface area contributed by atoms with Gasteiger partial charge in [0.25, 0.3) is 0 Å². The first kappa shape index (κ1) is 15.4. The third-order valence-corrected chi connectivity index (χ3v) is 3.60. The minimum absolute atomic E-state index is 0.126. The van der Waals surface area contributed by atoms with Gasteiger partial charge in [0, 0.05) is 22.7 Å². The van der Waals surface area contributed by atoms with Gasteiger partial charge in [-0.3, -0.25) is 4.79 Å². The standard InChI is InChI=1S/C18H15ClO4/c1-2-7-22-13-5-3-11(4-6-13)16-10-15(21)18-14(20)8-12(19)9-17(18)23-16/h3-6,8-10,20H,2,7H2,1H3. The van der Waals surface area contributed by atoms with Gasteiger partial charge in [0.05, 0.1) is 6.61 Å². The summed E-state index contributed by atoms with van der Waals surface area (Å²) in [6.07, 6.45) is 0.936. The summed E-state index contributed by atoms with van der Waals surface area (Å²) in [6, 6.07) is 11.5.